The summed E-state index contributed by atoms with van der Waals surface area (Å²) in [6.45, 7) is 1.24. The Labute approximate surface area is 95.3 Å². The highest BCUT2D eigenvalue weighted by atomic mass is 16.2. The molecule has 0 saturated carbocycles. The van der Waals surface area contributed by atoms with Gasteiger partial charge in [0.1, 0.15) is 5.82 Å². The van der Waals surface area contributed by atoms with Gasteiger partial charge in [0, 0.05) is 25.4 Å². The number of anilines is 2. The van der Waals surface area contributed by atoms with Crippen LogP contribution in [0.5, 0.6) is 0 Å². The van der Waals surface area contributed by atoms with Crippen molar-refractivity contribution in [2.24, 2.45) is 0 Å². The summed E-state index contributed by atoms with van der Waals surface area (Å²) in [4.78, 5) is 10.7. The molecule has 1 fully saturated rings. The van der Waals surface area contributed by atoms with Crippen LogP contribution in [0.15, 0.2) is 12.3 Å². The number of aromatic nitrogens is 2. The molecule has 1 aliphatic heterocycles. The van der Waals surface area contributed by atoms with Crippen LogP contribution < -0.4 is 10.6 Å². The van der Waals surface area contributed by atoms with Gasteiger partial charge in [0.15, 0.2) is 0 Å². The van der Waals surface area contributed by atoms with Crippen molar-refractivity contribution in [2.75, 3.05) is 23.8 Å². The number of aliphatic hydroxyl groups is 1. The Hall–Kier alpha value is -1.36. The van der Waals surface area contributed by atoms with Crippen LogP contribution in [0.3, 0.4) is 0 Å². The zero-order valence-corrected chi connectivity index (χ0v) is 9.34. The maximum absolute atomic E-state index is 8.86. The Balaban J connectivity index is 2.07. The van der Waals surface area contributed by atoms with Gasteiger partial charge in [-0.15, -0.1) is 0 Å². The lowest BCUT2D eigenvalue weighted by molar-refractivity contribution is 0.279. The highest BCUT2D eigenvalue weighted by Crippen LogP contribution is 2.25. The third kappa shape index (κ3) is 2.41. The van der Waals surface area contributed by atoms with Crippen molar-refractivity contribution in [1.82, 2.24) is 9.97 Å². The maximum Gasteiger partial charge on any atom is 0.227 e. The first-order valence-corrected chi connectivity index (χ1v) is 5.77. The normalized spacial score (nSPS) is 20.3. The molecule has 1 aromatic heterocycles. The minimum Gasteiger partial charge on any atom is -0.396 e. The third-order valence-electron chi connectivity index (χ3n) is 2.99. The number of nitrogens with zero attached hydrogens (tertiary/aromatic N) is 3. The Kier molecular flexibility index (Phi) is 3.56. The number of hydrogen-bond donors (Lipinski definition) is 2. The van der Waals surface area contributed by atoms with E-state index in [2.05, 4.69) is 14.9 Å². The van der Waals surface area contributed by atoms with E-state index in [9.17, 15) is 0 Å². The summed E-state index contributed by atoms with van der Waals surface area (Å²) in [6, 6.07) is 2.15. The molecule has 5 heteroatoms. The van der Waals surface area contributed by atoms with Gasteiger partial charge in [-0.25, -0.2) is 4.98 Å². The molecular weight excluding hydrogens is 204 g/mol. The predicted octanol–water partition coefficient (Wildman–Crippen LogP) is 0.800. The number of hydrogen-bond acceptors (Lipinski definition) is 5. The molecule has 1 atom stereocenters. The number of nitrogens with two attached hydrogens (primary N) is 1. The van der Waals surface area contributed by atoms with Gasteiger partial charge in [-0.2, -0.15) is 4.98 Å². The molecule has 1 aliphatic rings. The van der Waals surface area contributed by atoms with Crippen LogP contribution in [-0.4, -0.2) is 34.3 Å². The fraction of sp³-hybridized carbons (Fsp3) is 0.636. The molecule has 1 unspecified atom stereocenters. The average molecular weight is 222 g/mol. The molecule has 0 radical (unpaired) electrons. The minimum atomic E-state index is 0.252. The topological polar surface area (TPSA) is 75.3 Å². The van der Waals surface area contributed by atoms with E-state index in [-0.39, 0.29) is 6.61 Å². The first-order chi connectivity index (χ1) is 7.81. The predicted molar refractivity (Wildman–Crippen MR) is 63.1 cm³/mol. The zero-order chi connectivity index (χ0) is 11.4. The van der Waals surface area contributed by atoms with Crippen molar-refractivity contribution >= 4 is 11.8 Å². The maximum atomic E-state index is 8.86. The molecule has 3 N–H and O–H groups in total. The second-order valence-electron chi connectivity index (χ2n) is 4.14. The molecule has 0 spiro atoms. The second-order valence-corrected chi connectivity index (χ2v) is 4.14. The average Bonchev–Trinajstić information content (AvgIpc) is 2.74. The summed E-state index contributed by atoms with van der Waals surface area (Å²) in [6.07, 6.45) is 5.84. The van der Waals surface area contributed by atoms with Crippen LogP contribution in [0, 0.1) is 0 Å². The van der Waals surface area contributed by atoms with Crippen molar-refractivity contribution in [3.05, 3.63) is 12.3 Å². The molecule has 0 amide bonds. The first kappa shape index (κ1) is 11.1. The van der Waals surface area contributed by atoms with Gasteiger partial charge in [0.25, 0.3) is 0 Å². The molecular formula is C11H18N4O. The van der Waals surface area contributed by atoms with Gasteiger partial charge in [0.05, 0.1) is 0 Å². The summed E-state index contributed by atoms with van der Waals surface area (Å²) in [5.41, 5.74) is 5.65. The zero-order valence-electron chi connectivity index (χ0n) is 9.34. The van der Waals surface area contributed by atoms with Crippen molar-refractivity contribution in [1.29, 1.82) is 0 Å². The molecule has 2 rings (SSSR count). The van der Waals surface area contributed by atoms with Crippen LogP contribution >= 0.6 is 0 Å². The van der Waals surface area contributed by atoms with Crippen LogP contribution in [0.4, 0.5) is 11.8 Å². The summed E-state index contributed by atoms with van der Waals surface area (Å²) in [5.74, 6) is 1.23. The standard InChI is InChI=1S/C11H18N4O/c12-10-5-6-13-11(14-10)15-7-1-3-9(15)4-2-8-16/h5-6,9,16H,1-4,7-8H2,(H2,12,13,14). The Morgan fingerprint density at radius 3 is 3.19 bits per heavy atom. The van der Waals surface area contributed by atoms with Crippen LogP contribution in [0.2, 0.25) is 0 Å². The minimum absolute atomic E-state index is 0.252. The van der Waals surface area contributed by atoms with Gasteiger partial charge in [-0.05, 0) is 31.7 Å². The van der Waals surface area contributed by atoms with E-state index in [1.165, 1.54) is 0 Å². The molecule has 0 aliphatic carbocycles. The number of aliphatic hydroxyl groups excluding tert-OH is 1. The quantitative estimate of drug-likeness (QED) is 0.788. The molecule has 0 bridgehead atoms. The van der Waals surface area contributed by atoms with Crippen molar-refractivity contribution in [3.8, 4) is 0 Å². The second kappa shape index (κ2) is 5.12. The van der Waals surface area contributed by atoms with E-state index in [0.29, 0.717) is 11.9 Å². The Bertz CT molecular complexity index is 345. The molecule has 1 saturated heterocycles. The van der Waals surface area contributed by atoms with Crippen LogP contribution in [0.1, 0.15) is 25.7 Å². The van der Waals surface area contributed by atoms with Gasteiger partial charge in [0.2, 0.25) is 5.95 Å². The largest absolute Gasteiger partial charge is 0.396 e. The lowest BCUT2D eigenvalue weighted by Gasteiger charge is -2.24. The molecule has 2 heterocycles. The lowest BCUT2D eigenvalue weighted by atomic mass is 10.1. The molecule has 5 nitrogen and oxygen atoms in total. The lowest BCUT2D eigenvalue weighted by Crippen LogP contribution is -2.31. The highest BCUT2D eigenvalue weighted by Gasteiger charge is 2.25. The molecule has 0 aromatic carbocycles. The van der Waals surface area contributed by atoms with E-state index < -0.39 is 0 Å². The molecule has 1 aromatic rings. The third-order valence-corrected chi connectivity index (χ3v) is 2.99. The Morgan fingerprint density at radius 1 is 1.56 bits per heavy atom. The van der Waals surface area contributed by atoms with Crippen molar-refractivity contribution in [2.45, 2.75) is 31.7 Å². The monoisotopic (exact) mass is 222 g/mol. The summed E-state index contributed by atoms with van der Waals surface area (Å²) >= 11 is 0. The highest BCUT2D eigenvalue weighted by molar-refractivity contribution is 5.39. The summed E-state index contributed by atoms with van der Waals surface area (Å²) in [5, 5.41) is 8.86. The van der Waals surface area contributed by atoms with Gasteiger partial charge in [-0.3, -0.25) is 0 Å². The fourth-order valence-corrected chi connectivity index (χ4v) is 2.23. The van der Waals surface area contributed by atoms with E-state index in [1.807, 2.05) is 0 Å². The van der Waals surface area contributed by atoms with Crippen molar-refractivity contribution in [3.63, 3.8) is 0 Å². The van der Waals surface area contributed by atoms with Gasteiger partial charge >= 0.3 is 0 Å². The van der Waals surface area contributed by atoms with E-state index in [4.69, 9.17) is 10.8 Å². The van der Waals surface area contributed by atoms with Crippen molar-refractivity contribution < 1.29 is 5.11 Å². The Morgan fingerprint density at radius 2 is 2.44 bits per heavy atom. The number of rotatable bonds is 4. The van der Waals surface area contributed by atoms with Crippen LogP contribution in [0.25, 0.3) is 0 Å². The summed E-state index contributed by atoms with van der Waals surface area (Å²) in [7, 11) is 0. The summed E-state index contributed by atoms with van der Waals surface area (Å²) < 4.78 is 0. The fourth-order valence-electron chi connectivity index (χ4n) is 2.23. The number of nitrogen functional groups attached to an aromatic ring is 1. The SMILES string of the molecule is Nc1ccnc(N2CCCC2CCCO)n1. The first-order valence-electron chi connectivity index (χ1n) is 5.77. The molecule has 88 valence electrons. The van der Waals surface area contributed by atoms with E-state index in [1.54, 1.807) is 12.3 Å². The van der Waals surface area contributed by atoms with E-state index in [0.717, 1.165) is 38.2 Å². The van der Waals surface area contributed by atoms with Crippen LogP contribution in [-0.2, 0) is 0 Å². The molecule has 16 heavy (non-hydrogen) atoms. The van der Waals surface area contributed by atoms with Gasteiger partial charge in [-0.1, -0.05) is 0 Å². The smallest absolute Gasteiger partial charge is 0.227 e. The van der Waals surface area contributed by atoms with Gasteiger partial charge < -0.3 is 15.7 Å². The van der Waals surface area contributed by atoms with E-state index >= 15 is 0 Å².